The Morgan fingerprint density at radius 1 is 1.47 bits per heavy atom. The first-order valence-electron chi connectivity index (χ1n) is 5.16. The molecule has 19 heavy (non-hydrogen) atoms. The second kappa shape index (κ2) is 5.42. The molecule has 0 atom stereocenters. The van der Waals surface area contributed by atoms with Gasteiger partial charge in [-0.2, -0.15) is 5.26 Å². The van der Waals surface area contributed by atoms with E-state index in [1.165, 1.54) is 7.11 Å². The van der Waals surface area contributed by atoms with Crippen LogP contribution >= 0.6 is 11.6 Å². The molecule has 2 rings (SSSR count). The van der Waals surface area contributed by atoms with Gasteiger partial charge in [0.15, 0.2) is 5.57 Å². The normalized spacial score (nSPS) is 15.7. The van der Waals surface area contributed by atoms with E-state index in [2.05, 4.69) is 15.3 Å². The van der Waals surface area contributed by atoms with E-state index in [0.29, 0.717) is 10.6 Å². The molecular formula is C12H8ClN3O3. The Bertz CT molecular complexity index is 614. The molecule has 0 aliphatic carbocycles. The highest BCUT2D eigenvalue weighted by Gasteiger charge is 2.24. The van der Waals surface area contributed by atoms with Crippen molar-refractivity contribution in [2.45, 2.75) is 0 Å². The van der Waals surface area contributed by atoms with Gasteiger partial charge in [-0.05, 0) is 24.3 Å². The number of carbonyl (C=O) groups is 1. The molecule has 1 aromatic carbocycles. The minimum absolute atomic E-state index is 0.0562. The van der Waals surface area contributed by atoms with E-state index >= 15 is 0 Å². The summed E-state index contributed by atoms with van der Waals surface area (Å²) in [4.78, 5) is 11.3. The number of nitrogens with one attached hydrogen (secondary N) is 1. The Morgan fingerprint density at radius 3 is 2.74 bits per heavy atom. The molecule has 0 aromatic heterocycles. The lowest BCUT2D eigenvalue weighted by molar-refractivity contribution is -0.135. The number of methoxy groups -OCH3 is 1. The number of nitriles is 1. The Morgan fingerprint density at radius 2 is 2.16 bits per heavy atom. The zero-order valence-corrected chi connectivity index (χ0v) is 10.6. The number of hydrogen-bond donors (Lipinski definition) is 1. The van der Waals surface area contributed by atoms with Crippen molar-refractivity contribution >= 4 is 23.5 Å². The molecule has 1 aliphatic heterocycles. The highest BCUT2D eigenvalue weighted by Crippen LogP contribution is 2.17. The van der Waals surface area contributed by atoms with Crippen molar-refractivity contribution in [3.63, 3.8) is 0 Å². The second-order valence-electron chi connectivity index (χ2n) is 3.45. The van der Waals surface area contributed by atoms with Gasteiger partial charge in [-0.1, -0.05) is 11.6 Å². The van der Waals surface area contributed by atoms with Gasteiger partial charge in [-0.3, -0.25) is 0 Å². The first-order chi connectivity index (χ1) is 9.15. The van der Waals surface area contributed by atoms with Crippen molar-refractivity contribution < 1.29 is 14.3 Å². The molecule has 0 unspecified atom stereocenters. The first kappa shape index (κ1) is 12.9. The summed E-state index contributed by atoms with van der Waals surface area (Å²) < 4.78 is 9.78. The molecule has 0 spiro atoms. The van der Waals surface area contributed by atoms with E-state index in [1.54, 1.807) is 30.3 Å². The quantitative estimate of drug-likeness (QED) is 0.503. The molecular weight excluding hydrogens is 270 g/mol. The van der Waals surface area contributed by atoms with E-state index < -0.39 is 5.97 Å². The summed E-state index contributed by atoms with van der Waals surface area (Å²) in [5, 5.41) is 13.4. The van der Waals surface area contributed by atoms with Crippen molar-refractivity contribution in [2.24, 2.45) is 5.10 Å². The van der Waals surface area contributed by atoms with Gasteiger partial charge in [-0.15, -0.1) is 5.10 Å². The summed E-state index contributed by atoms with van der Waals surface area (Å²) in [6.45, 7) is 0. The van der Waals surface area contributed by atoms with Crippen molar-refractivity contribution in [3.05, 3.63) is 46.3 Å². The van der Waals surface area contributed by atoms with Crippen molar-refractivity contribution in [1.82, 2.24) is 5.43 Å². The maximum absolute atomic E-state index is 11.3. The summed E-state index contributed by atoms with van der Waals surface area (Å²) >= 11 is 5.77. The molecule has 0 radical (unpaired) electrons. The Labute approximate surface area is 113 Å². The molecule has 1 aliphatic rings. The lowest BCUT2D eigenvalue weighted by Gasteiger charge is -2.03. The van der Waals surface area contributed by atoms with Gasteiger partial charge >= 0.3 is 5.97 Å². The van der Waals surface area contributed by atoms with Crippen LogP contribution in [0, 0.1) is 11.3 Å². The van der Waals surface area contributed by atoms with Crippen molar-refractivity contribution in [1.29, 1.82) is 5.26 Å². The van der Waals surface area contributed by atoms with E-state index in [9.17, 15) is 4.79 Å². The summed E-state index contributed by atoms with van der Waals surface area (Å²) in [6, 6.07) is 8.46. The van der Waals surface area contributed by atoms with Gasteiger partial charge in [0.1, 0.15) is 6.07 Å². The van der Waals surface area contributed by atoms with Crippen LogP contribution in [0.2, 0.25) is 5.02 Å². The number of hydrazone groups is 1. The summed E-state index contributed by atoms with van der Waals surface area (Å²) in [5.74, 6) is -0.611. The number of carbonyl (C=O) groups excluding carboxylic acids is 1. The van der Waals surface area contributed by atoms with E-state index in [4.69, 9.17) is 21.6 Å². The van der Waals surface area contributed by atoms with Gasteiger partial charge in [0.05, 0.1) is 7.11 Å². The predicted octanol–water partition coefficient (Wildman–Crippen LogP) is 1.53. The molecule has 7 heteroatoms. The predicted molar refractivity (Wildman–Crippen MR) is 66.9 cm³/mol. The smallest absolute Gasteiger partial charge is 0.354 e. The number of halogens is 1. The maximum atomic E-state index is 11.3. The molecule has 0 fully saturated rings. The van der Waals surface area contributed by atoms with Crippen LogP contribution in [0.3, 0.4) is 0 Å². The lowest BCUT2D eigenvalue weighted by Crippen LogP contribution is -2.12. The third kappa shape index (κ3) is 2.67. The van der Waals surface area contributed by atoms with Crippen LogP contribution in [-0.2, 0) is 14.3 Å². The van der Waals surface area contributed by atoms with Gasteiger partial charge in [0, 0.05) is 10.6 Å². The molecule has 0 bridgehead atoms. The molecule has 1 N–H and O–H groups in total. The van der Waals surface area contributed by atoms with Crippen molar-refractivity contribution in [2.75, 3.05) is 7.11 Å². The van der Waals surface area contributed by atoms with Crippen LogP contribution < -0.4 is 5.43 Å². The minimum Gasteiger partial charge on any atom is -0.465 e. The number of hydrogen-bond acceptors (Lipinski definition) is 6. The topological polar surface area (TPSA) is 83.7 Å². The van der Waals surface area contributed by atoms with Crippen LogP contribution in [0.4, 0.5) is 0 Å². The third-order valence-corrected chi connectivity index (χ3v) is 2.53. The third-order valence-electron chi connectivity index (χ3n) is 2.28. The Balaban J connectivity index is 2.24. The zero-order chi connectivity index (χ0) is 13.8. The minimum atomic E-state index is -0.794. The van der Waals surface area contributed by atoms with Crippen LogP contribution in [0.1, 0.15) is 5.56 Å². The molecule has 6 nitrogen and oxygen atoms in total. The number of ether oxygens (including phenoxy) is 2. The fourth-order valence-corrected chi connectivity index (χ4v) is 1.48. The molecule has 1 aromatic rings. The average molecular weight is 278 g/mol. The monoisotopic (exact) mass is 277 g/mol. The van der Waals surface area contributed by atoms with Gasteiger partial charge in [-0.25, -0.2) is 10.2 Å². The average Bonchev–Trinajstić information content (AvgIpc) is 2.89. The van der Waals surface area contributed by atoms with Gasteiger partial charge < -0.3 is 9.47 Å². The molecule has 0 saturated heterocycles. The van der Waals surface area contributed by atoms with Crippen LogP contribution in [0.15, 0.2) is 40.8 Å². The van der Waals surface area contributed by atoms with E-state index in [-0.39, 0.29) is 17.4 Å². The maximum Gasteiger partial charge on any atom is 0.354 e. The van der Waals surface area contributed by atoms with E-state index in [1.807, 2.05) is 0 Å². The first-order valence-corrected chi connectivity index (χ1v) is 5.53. The Kier molecular flexibility index (Phi) is 3.68. The lowest BCUT2D eigenvalue weighted by atomic mass is 10.2. The Hall–Kier alpha value is -2.52. The van der Waals surface area contributed by atoms with Gasteiger partial charge in [0.25, 0.3) is 0 Å². The molecule has 96 valence electrons. The SMILES string of the molecule is COC(=O)C(C#N)=C1NN=C(c2ccc(Cl)cc2)O1. The fraction of sp³-hybridized carbons (Fsp3) is 0.0833. The summed E-state index contributed by atoms with van der Waals surface area (Å²) in [5.41, 5.74) is 2.85. The second-order valence-corrected chi connectivity index (χ2v) is 3.88. The summed E-state index contributed by atoms with van der Waals surface area (Å²) in [6.07, 6.45) is 0. The highest BCUT2D eigenvalue weighted by atomic mass is 35.5. The molecule has 1 heterocycles. The summed E-state index contributed by atoms with van der Waals surface area (Å²) in [7, 11) is 1.18. The van der Waals surface area contributed by atoms with Gasteiger partial charge in [0.2, 0.25) is 11.8 Å². The van der Waals surface area contributed by atoms with Crippen molar-refractivity contribution in [3.8, 4) is 6.07 Å². The number of rotatable bonds is 2. The zero-order valence-electron chi connectivity index (χ0n) is 9.81. The fourth-order valence-electron chi connectivity index (χ4n) is 1.36. The molecule has 0 saturated carbocycles. The largest absolute Gasteiger partial charge is 0.465 e. The number of esters is 1. The number of benzene rings is 1. The van der Waals surface area contributed by atoms with Crippen LogP contribution in [0.25, 0.3) is 0 Å². The standard InChI is InChI=1S/C12H8ClN3O3/c1-18-12(17)9(6-14)11-16-15-10(19-11)7-2-4-8(13)5-3-7/h2-5,16H,1H3. The van der Waals surface area contributed by atoms with Crippen LogP contribution in [-0.4, -0.2) is 19.0 Å². The highest BCUT2D eigenvalue weighted by molar-refractivity contribution is 6.30. The van der Waals surface area contributed by atoms with Crippen LogP contribution in [0.5, 0.6) is 0 Å². The number of nitrogens with zero attached hydrogens (tertiary/aromatic N) is 2. The van der Waals surface area contributed by atoms with E-state index in [0.717, 1.165) is 0 Å². The molecule has 0 amide bonds.